The van der Waals surface area contributed by atoms with Gasteiger partial charge in [0.05, 0.1) is 6.10 Å². The molecule has 2 aliphatic rings. The summed E-state index contributed by atoms with van der Waals surface area (Å²) in [5.74, 6) is 1.73. The topological polar surface area (TPSA) is 38.7 Å². The molecule has 3 nitrogen and oxygen atoms in total. The lowest BCUT2D eigenvalue weighted by atomic mass is 9.87. The van der Waals surface area contributed by atoms with Gasteiger partial charge in [0.1, 0.15) is 0 Å². The summed E-state index contributed by atoms with van der Waals surface area (Å²) in [5, 5.41) is 10.3. The fraction of sp³-hybridized carbons (Fsp3) is 0.429. The van der Waals surface area contributed by atoms with Crippen LogP contribution in [0.4, 0.5) is 0 Å². The third kappa shape index (κ3) is 2.03. The molecule has 3 rings (SSSR count). The number of aliphatic hydroxyl groups is 1. The van der Waals surface area contributed by atoms with Crippen molar-refractivity contribution in [1.82, 2.24) is 0 Å². The molecule has 0 bridgehead atoms. The average molecular weight is 232 g/mol. The third-order valence-corrected chi connectivity index (χ3v) is 3.44. The zero-order chi connectivity index (χ0) is 11.7. The molecular formula is C14H16O3. The maximum absolute atomic E-state index is 10.3. The van der Waals surface area contributed by atoms with Crippen molar-refractivity contribution in [3.63, 3.8) is 0 Å². The molecule has 3 heteroatoms. The maximum atomic E-state index is 10.3. The second-order valence-electron chi connectivity index (χ2n) is 4.58. The predicted octanol–water partition coefficient (Wildman–Crippen LogP) is 2.81. The second-order valence-corrected chi connectivity index (χ2v) is 4.58. The smallest absolute Gasteiger partial charge is 0.231 e. The highest BCUT2D eigenvalue weighted by atomic mass is 16.7. The van der Waals surface area contributed by atoms with Crippen molar-refractivity contribution in [2.75, 3.05) is 6.79 Å². The minimum atomic E-state index is -0.443. The zero-order valence-electron chi connectivity index (χ0n) is 9.63. The van der Waals surface area contributed by atoms with Gasteiger partial charge < -0.3 is 14.6 Å². The Morgan fingerprint density at radius 2 is 2.12 bits per heavy atom. The van der Waals surface area contributed by atoms with Crippen LogP contribution in [-0.4, -0.2) is 11.9 Å². The van der Waals surface area contributed by atoms with Crippen molar-refractivity contribution < 1.29 is 14.6 Å². The van der Waals surface area contributed by atoms with E-state index in [-0.39, 0.29) is 12.7 Å². The van der Waals surface area contributed by atoms with Crippen LogP contribution in [-0.2, 0) is 0 Å². The summed E-state index contributed by atoms with van der Waals surface area (Å²) >= 11 is 0. The number of rotatable bonds is 2. The summed E-state index contributed by atoms with van der Waals surface area (Å²) in [4.78, 5) is 0. The van der Waals surface area contributed by atoms with E-state index in [2.05, 4.69) is 12.2 Å². The van der Waals surface area contributed by atoms with Gasteiger partial charge in [-0.25, -0.2) is 0 Å². The quantitative estimate of drug-likeness (QED) is 0.797. The van der Waals surface area contributed by atoms with E-state index in [0.717, 1.165) is 36.3 Å². The molecule has 0 amide bonds. The summed E-state index contributed by atoms with van der Waals surface area (Å²) in [6, 6.07) is 5.67. The molecule has 0 unspecified atom stereocenters. The van der Waals surface area contributed by atoms with Crippen LogP contribution in [0.5, 0.6) is 11.5 Å². The fourth-order valence-corrected chi connectivity index (χ4v) is 2.45. The first-order valence-corrected chi connectivity index (χ1v) is 6.09. The van der Waals surface area contributed by atoms with Crippen molar-refractivity contribution in [3.8, 4) is 11.5 Å². The summed E-state index contributed by atoms with van der Waals surface area (Å²) in [5.41, 5.74) is 0.908. The molecule has 1 N–H and O–H groups in total. The number of aliphatic hydroxyl groups excluding tert-OH is 1. The molecule has 0 fully saturated rings. The second kappa shape index (κ2) is 4.41. The summed E-state index contributed by atoms with van der Waals surface area (Å²) in [6.45, 7) is 0.276. The first kappa shape index (κ1) is 10.7. The summed E-state index contributed by atoms with van der Waals surface area (Å²) in [6.07, 6.45) is 7.17. The molecule has 17 heavy (non-hydrogen) atoms. The first-order valence-electron chi connectivity index (χ1n) is 6.09. The van der Waals surface area contributed by atoms with Crippen molar-refractivity contribution in [2.45, 2.75) is 25.4 Å². The van der Waals surface area contributed by atoms with Gasteiger partial charge in [-0.2, -0.15) is 0 Å². The van der Waals surface area contributed by atoms with Gasteiger partial charge in [0.25, 0.3) is 0 Å². The first-order chi connectivity index (χ1) is 8.34. The van der Waals surface area contributed by atoms with Crippen LogP contribution in [0.1, 0.15) is 30.9 Å². The number of ether oxygens (including phenoxy) is 2. The molecule has 0 saturated carbocycles. The van der Waals surface area contributed by atoms with Crippen molar-refractivity contribution in [3.05, 3.63) is 35.9 Å². The molecule has 1 aromatic rings. The highest BCUT2D eigenvalue weighted by Gasteiger charge is 2.22. The third-order valence-electron chi connectivity index (χ3n) is 3.44. The lowest BCUT2D eigenvalue weighted by Gasteiger charge is -2.22. The number of allylic oxidation sites excluding steroid dienone is 1. The Morgan fingerprint density at radius 3 is 2.94 bits per heavy atom. The summed E-state index contributed by atoms with van der Waals surface area (Å²) < 4.78 is 10.6. The number of benzene rings is 1. The Labute approximate surface area is 101 Å². The minimum absolute atomic E-state index is 0.226. The van der Waals surface area contributed by atoms with Crippen LogP contribution in [0, 0.1) is 5.92 Å². The van der Waals surface area contributed by atoms with E-state index in [0.29, 0.717) is 0 Å². The van der Waals surface area contributed by atoms with Crippen LogP contribution < -0.4 is 9.47 Å². The largest absolute Gasteiger partial charge is 0.454 e. The van der Waals surface area contributed by atoms with Gasteiger partial charge in [-0.3, -0.25) is 0 Å². The van der Waals surface area contributed by atoms with E-state index in [4.69, 9.17) is 9.47 Å². The Hall–Kier alpha value is -1.48. The van der Waals surface area contributed by atoms with Crippen LogP contribution >= 0.6 is 0 Å². The highest BCUT2D eigenvalue weighted by Crippen LogP contribution is 2.37. The summed E-state index contributed by atoms with van der Waals surface area (Å²) in [7, 11) is 0. The van der Waals surface area contributed by atoms with Gasteiger partial charge >= 0.3 is 0 Å². The number of hydrogen-bond donors (Lipinski definition) is 1. The average Bonchev–Trinajstić information content (AvgIpc) is 2.86. The van der Waals surface area contributed by atoms with Gasteiger partial charge in [0.15, 0.2) is 11.5 Å². The Bertz CT molecular complexity index is 439. The normalized spacial score (nSPS) is 23.7. The van der Waals surface area contributed by atoms with Crippen molar-refractivity contribution >= 4 is 0 Å². The Morgan fingerprint density at radius 1 is 1.24 bits per heavy atom. The molecule has 0 radical (unpaired) electrons. The number of fused-ring (bicyclic) bond motifs is 1. The van der Waals surface area contributed by atoms with E-state index in [1.165, 1.54) is 0 Å². The molecule has 1 aromatic carbocycles. The monoisotopic (exact) mass is 232 g/mol. The molecule has 1 aliphatic carbocycles. The Balaban J connectivity index is 1.83. The molecule has 0 aromatic heterocycles. The van der Waals surface area contributed by atoms with Crippen molar-refractivity contribution in [2.24, 2.45) is 5.92 Å². The maximum Gasteiger partial charge on any atom is 0.231 e. The molecular weight excluding hydrogens is 216 g/mol. The molecule has 0 saturated heterocycles. The van der Waals surface area contributed by atoms with Gasteiger partial charge in [0, 0.05) is 5.92 Å². The molecule has 90 valence electrons. The SMILES string of the molecule is O[C@@H](c1ccc2c(c1)OCO2)[C@@H]1C=CCCC1. The molecule has 1 heterocycles. The van der Waals surface area contributed by atoms with E-state index < -0.39 is 6.10 Å². The lowest BCUT2D eigenvalue weighted by molar-refractivity contribution is 0.123. The molecule has 2 atom stereocenters. The van der Waals surface area contributed by atoms with Crippen LogP contribution in [0.15, 0.2) is 30.4 Å². The lowest BCUT2D eigenvalue weighted by Crippen LogP contribution is -2.12. The number of hydrogen-bond acceptors (Lipinski definition) is 3. The predicted molar refractivity (Wildman–Crippen MR) is 64.0 cm³/mol. The molecule has 0 spiro atoms. The van der Waals surface area contributed by atoms with Gasteiger partial charge in [-0.1, -0.05) is 18.2 Å². The van der Waals surface area contributed by atoms with Gasteiger partial charge in [-0.15, -0.1) is 0 Å². The highest BCUT2D eigenvalue weighted by molar-refractivity contribution is 5.45. The zero-order valence-corrected chi connectivity index (χ0v) is 9.63. The van der Waals surface area contributed by atoms with Crippen LogP contribution in [0.25, 0.3) is 0 Å². The van der Waals surface area contributed by atoms with E-state index in [1.54, 1.807) is 0 Å². The van der Waals surface area contributed by atoms with Gasteiger partial charge in [-0.05, 0) is 37.0 Å². The van der Waals surface area contributed by atoms with Crippen molar-refractivity contribution in [1.29, 1.82) is 0 Å². The van der Waals surface area contributed by atoms with E-state index >= 15 is 0 Å². The standard InChI is InChI=1S/C14H16O3/c15-14(10-4-2-1-3-5-10)11-6-7-12-13(8-11)17-9-16-12/h2,4,6-8,10,14-15H,1,3,5,9H2/t10-,14-/m1/s1. The fourth-order valence-electron chi connectivity index (χ4n) is 2.45. The van der Waals surface area contributed by atoms with Crippen LogP contribution in [0.2, 0.25) is 0 Å². The Kier molecular flexibility index (Phi) is 2.77. The van der Waals surface area contributed by atoms with E-state index in [1.807, 2.05) is 18.2 Å². The minimum Gasteiger partial charge on any atom is -0.454 e. The van der Waals surface area contributed by atoms with E-state index in [9.17, 15) is 5.11 Å². The van der Waals surface area contributed by atoms with Gasteiger partial charge in [0.2, 0.25) is 6.79 Å². The molecule has 1 aliphatic heterocycles. The van der Waals surface area contributed by atoms with Crippen LogP contribution in [0.3, 0.4) is 0 Å².